The van der Waals surface area contributed by atoms with Gasteiger partial charge in [-0.05, 0) is 60.7 Å². The van der Waals surface area contributed by atoms with Crippen LogP contribution in [0, 0.1) is 12.8 Å². The smallest absolute Gasteiger partial charge is 0.129 e. The van der Waals surface area contributed by atoms with Crippen LogP contribution in [0.3, 0.4) is 0 Å². The quantitative estimate of drug-likeness (QED) is 0.886. The third-order valence-electron chi connectivity index (χ3n) is 4.94. The third kappa shape index (κ3) is 2.96. The van der Waals surface area contributed by atoms with Crippen molar-refractivity contribution in [3.63, 3.8) is 0 Å². The van der Waals surface area contributed by atoms with Crippen molar-refractivity contribution in [2.45, 2.75) is 44.8 Å². The molecule has 0 bridgehead atoms. The van der Waals surface area contributed by atoms with E-state index in [2.05, 4.69) is 38.8 Å². The molecule has 0 aliphatic carbocycles. The van der Waals surface area contributed by atoms with Crippen molar-refractivity contribution >= 4 is 21.7 Å². The molecule has 2 aliphatic rings. The number of rotatable bonds is 2. The maximum absolute atomic E-state index is 10.7. The van der Waals surface area contributed by atoms with E-state index in [9.17, 15) is 5.11 Å². The minimum atomic E-state index is -0.643. The molecule has 4 nitrogen and oxygen atoms in total. The number of nitrogens with zero attached hydrogens (tertiary/aromatic N) is 2. The molecule has 1 aromatic heterocycles. The summed E-state index contributed by atoms with van der Waals surface area (Å²) in [6.45, 7) is 6.35. The van der Waals surface area contributed by atoms with Gasteiger partial charge in [0.2, 0.25) is 0 Å². The maximum atomic E-state index is 10.7. The summed E-state index contributed by atoms with van der Waals surface area (Å²) >= 11 is 3.51. The van der Waals surface area contributed by atoms with Gasteiger partial charge in [0.1, 0.15) is 5.82 Å². The molecule has 3 heterocycles. The van der Waals surface area contributed by atoms with E-state index in [4.69, 9.17) is 4.74 Å². The molecule has 0 saturated carbocycles. The highest BCUT2D eigenvalue weighted by Gasteiger charge is 2.44. The van der Waals surface area contributed by atoms with Crippen LogP contribution >= 0.6 is 15.9 Å². The minimum Gasteiger partial charge on any atom is -0.390 e. The number of pyridine rings is 1. The summed E-state index contributed by atoms with van der Waals surface area (Å²) < 4.78 is 6.68. The topological polar surface area (TPSA) is 45.6 Å². The van der Waals surface area contributed by atoms with Crippen LogP contribution in [-0.4, -0.2) is 41.5 Å². The maximum Gasteiger partial charge on any atom is 0.129 e. The zero-order valence-electron chi connectivity index (χ0n) is 12.7. The van der Waals surface area contributed by atoms with Crippen molar-refractivity contribution in [2.75, 3.05) is 24.7 Å². The Morgan fingerprint density at radius 2 is 2.33 bits per heavy atom. The summed E-state index contributed by atoms with van der Waals surface area (Å²) in [5.74, 6) is 1.17. The molecule has 0 aromatic carbocycles. The largest absolute Gasteiger partial charge is 0.390 e. The number of aryl methyl sites for hydroxylation is 1. The molecule has 2 saturated heterocycles. The van der Waals surface area contributed by atoms with Crippen LogP contribution in [0.5, 0.6) is 0 Å². The molecule has 1 aromatic rings. The fraction of sp³-hybridized carbons (Fsp3) is 0.688. The molecule has 21 heavy (non-hydrogen) atoms. The molecular formula is C16H23BrN2O2. The molecule has 116 valence electrons. The molecular weight excluding hydrogens is 332 g/mol. The second-order valence-corrected chi connectivity index (χ2v) is 7.34. The predicted molar refractivity (Wildman–Crippen MR) is 86.6 cm³/mol. The molecule has 2 aliphatic heterocycles. The monoisotopic (exact) mass is 354 g/mol. The van der Waals surface area contributed by atoms with Crippen molar-refractivity contribution in [3.8, 4) is 0 Å². The number of ether oxygens (including phenoxy) is 1. The Kier molecular flexibility index (Phi) is 4.26. The van der Waals surface area contributed by atoms with Gasteiger partial charge in [-0.3, -0.25) is 0 Å². The SMILES string of the molecule is Cc1cc(N2CCCC2C2COCCC2(C)O)ncc1Br. The first-order chi connectivity index (χ1) is 9.99. The van der Waals surface area contributed by atoms with E-state index in [0.29, 0.717) is 19.3 Å². The Bertz CT molecular complexity index is 521. The van der Waals surface area contributed by atoms with Gasteiger partial charge in [0, 0.05) is 35.8 Å². The van der Waals surface area contributed by atoms with Crippen LogP contribution in [0.4, 0.5) is 5.82 Å². The van der Waals surface area contributed by atoms with Crippen LogP contribution in [0.2, 0.25) is 0 Å². The number of hydrogen-bond acceptors (Lipinski definition) is 4. The Morgan fingerprint density at radius 3 is 3.05 bits per heavy atom. The summed E-state index contributed by atoms with van der Waals surface area (Å²) in [7, 11) is 0. The fourth-order valence-corrected chi connectivity index (χ4v) is 3.77. The highest BCUT2D eigenvalue weighted by molar-refractivity contribution is 9.10. The second kappa shape index (κ2) is 5.86. The first-order valence-electron chi connectivity index (χ1n) is 7.68. The molecule has 3 unspecified atom stereocenters. The van der Waals surface area contributed by atoms with Crippen LogP contribution in [0.25, 0.3) is 0 Å². The molecule has 3 rings (SSSR count). The van der Waals surface area contributed by atoms with Crippen LogP contribution in [0.1, 0.15) is 31.7 Å². The van der Waals surface area contributed by atoms with Crippen LogP contribution in [0.15, 0.2) is 16.7 Å². The van der Waals surface area contributed by atoms with E-state index in [1.54, 1.807) is 0 Å². The number of aliphatic hydroxyl groups is 1. The zero-order chi connectivity index (χ0) is 15.0. The molecule has 0 amide bonds. The summed E-state index contributed by atoms with van der Waals surface area (Å²) in [4.78, 5) is 6.92. The standard InChI is InChI=1S/C16H23BrN2O2/c1-11-8-15(18-9-13(11)17)19-6-3-4-14(19)12-10-21-7-5-16(12,2)20/h8-9,12,14,20H,3-7,10H2,1-2H3. The van der Waals surface area contributed by atoms with Gasteiger partial charge in [-0.1, -0.05) is 0 Å². The van der Waals surface area contributed by atoms with Gasteiger partial charge in [0.05, 0.1) is 12.2 Å². The Balaban J connectivity index is 1.86. The van der Waals surface area contributed by atoms with Gasteiger partial charge in [-0.25, -0.2) is 4.98 Å². The molecule has 0 spiro atoms. The number of anilines is 1. The normalized spacial score (nSPS) is 33.4. The first-order valence-corrected chi connectivity index (χ1v) is 8.47. The lowest BCUT2D eigenvalue weighted by Crippen LogP contribution is -2.52. The Hall–Kier alpha value is -0.650. The van der Waals surface area contributed by atoms with Gasteiger partial charge in [0.15, 0.2) is 0 Å². The van der Waals surface area contributed by atoms with Crippen molar-refractivity contribution < 1.29 is 9.84 Å². The lowest BCUT2D eigenvalue weighted by atomic mass is 9.79. The van der Waals surface area contributed by atoms with Crippen molar-refractivity contribution in [1.82, 2.24) is 4.98 Å². The second-order valence-electron chi connectivity index (χ2n) is 6.48. The van der Waals surface area contributed by atoms with Crippen molar-refractivity contribution in [3.05, 3.63) is 22.3 Å². The van der Waals surface area contributed by atoms with Crippen LogP contribution in [-0.2, 0) is 4.74 Å². The Labute approximate surface area is 134 Å². The summed E-state index contributed by atoms with van der Waals surface area (Å²) in [5.41, 5.74) is 0.549. The Morgan fingerprint density at radius 1 is 1.52 bits per heavy atom. The van der Waals surface area contributed by atoms with E-state index < -0.39 is 5.60 Å². The summed E-state index contributed by atoms with van der Waals surface area (Å²) in [5, 5.41) is 10.7. The average Bonchev–Trinajstić information content (AvgIpc) is 2.90. The minimum absolute atomic E-state index is 0.152. The zero-order valence-corrected chi connectivity index (χ0v) is 14.3. The van der Waals surface area contributed by atoms with E-state index in [1.807, 2.05) is 13.1 Å². The highest BCUT2D eigenvalue weighted by atomic mass is 79.9. The van der Waals surface area contributed by atoms with Gasteiger partial charge in [-0.15, -0.1) is 0 Å². The van der Waals surface area contributed by atoms with E-state index in [0.717, 1.165) is 36.1 Å². The van der Waals surface area contributed by atoms with Gasteiger partial charge >= 0.3 is 0 Å². The molecule has 2 fully saturated rings. The van der Waals surface area contributed by atoms with Crippen LogP contribution < -0.4 is 4.90 Å². The highest BCUT2D eigenvalue weighted by Crippen LogP contribution is 2.37. The number of aromatic nitrogens is 1. The van der Waals surface area contributed by atoms with Crippen molar-refractivity contribution in [2.24, 2.45) is 5.92 Å². The molecule has 0 radical (unpaired) electrons. The average molecular weight is 355 g/mol. The molecule has 5 heteroatoms. The number of hydrogen-bond donors (Lipinski definition) is 1. The van der Waals surface area contributed by atoms with Crippen molar-refractivity contribution in [1.29, 1.82) is 0 Å². The van der Waals surface area contributed by atoms with E-state index in [-0.39, 0.29) is 5.92 Å². The molecule has 3 atom stereocenters. The van der Waals surface area contributed by atoms with Gasteiger partial charge < -0.3 is 14.7 Å². The lowest BCUT2D eigenvalue weighted by Gasteiger charge is -2.43. The predicted octanol–water partition coefficient (Wildman–Crippen LogP) is 2.91. The number of halogens is 1. The van der Waals surface area contributed by atoms with E-state index in [1.165, 1.54) is 5.56 Å². The first kappa shape index (κ1) is 15.3. The fourth-order valence-electron chi connectivity index (χ4n) is 3.56. The summed E-state index contributed by atoms with van der Waals surface area (Å²) in [6, 6.07) is 2.44. The summed E-state index contributed by atoms with van der Waals surface area (Å²) in [6.07, 6.45) is 4.83. The van der Waals surface area contributed by atoms with Gasteiger partial charge in [0.25, 0.3) is 0 Å². The van der Waals surface area contributed by atoms with Gasteiger partial charge in [-0.2, -0.15) is 0 Å². The molecule has 1 N–H and O–H groups in total. The van der Waals surface area contributed by atoms with E-state index >= 15 is 0 Å². The lowest BCUT2D eigenvalue weighted by molar-refractivity contribution is -0.108. The third-order valence-corrected chi connectivity index (χ3v) is 5.77.